The number of thiazole rings is 1. The molecule has 11 nitrogen and oxygen atoms in total. The molecule has 0 aliphatic carbocycles. The van der Waals surface area contributed by atoms with E-state index in [9.17, 15) is 27.6 Å². The number of nitrogens with zero attached hydrogens (tertiary/aromatic N) is 3. The summed E-state index contributed by atoms with van der Waals surface area (Å²) in [5, 5.41) is 6.08. The number of hydrogen-bond acceptors (Lipinski definition) is 10. The van der Waals surface area contributed by atoms with Gasteiger partial charge in [-0.15, -0.1) is 13.2 Å². The van der Waals surface area contributed by atoms with Crippen LogP contribution in [0, 0.1) is 0 Å². The number of carbonyl (C=O) groups excluding carboxylic acids is 3. The fraction of sp³-hybridized carbons (Fsp3) is 0.273. The number of amides is 2. The second kappa shape index (κ2) is 9.31. The number of likely N-dealkylation sites (N-methyl/N-ethyl adjacent to an activating group) is 2. The largest absolute Gasteiger partial charge is 0.573 e. The van der Waals surface area contributed by atoms with Crippen molar-refractivity contribution in [2.45, 2.75) is 12.1 Å². The van der Waals surface area contributed by atoms with Gasteiger partial charge >= 0.3 is 12.3 Å². The predicted octanol–water partition coefficient (Wildman–Crippen LogP) is 2.55. The molecule has 1 aromatic heterocycles. The molecule has 0 bridgehead atoms. The lowest BCUT2D eigenvalue weighted by atomic mass is 10.2. The third-order valence-corrected chi connectivity index (χ3v) is 6.41. The zero-order chi connectivity index (χ0) is 27.1. The minimum atomic E-state index is -4.84. The van der Waals surface area contributed by atoms with Crippen LogP contribution in [0.4, 0.5) is 29.7 Å². The number of ether oxygens (including phenoxy) is 2. The van der Waals surface area contributed by atoms with Crippen molar-refractivity contribution in [2.75, 3.05) is 43.3 Å². The number of benzene rings is 2. The first-order valence-electron chi connectivity index (χ1n) is 10.6. The fourth-order valence-corrected chi connectivity index (χ4v) is 4.51. The summed E-state index contributed by atoms with van der Waals surface area (Å²) in [4.78, 5) is 43.9. The minimum absolute atomic E-state index is 0.128. The number of rotatable bonds is 7. The van der Waals surface area contributed by atoms with Crippen LogP contribution in [0.1, 0.15) is 10.4 Å². The number of halogens is 3. The third-order valence-electron chi connectivity index (χ3n) is 5.48. The molecule has 1 unspecified atom stereocenters. The zero-order valence-electron chi connectivity index (χ0n) is 19.7. The van der Waals surface area contributed by atoms with Crippen molar-refractivity contribution in [2.24, 2.45) is 5.73 Å². The quantitative estimate of drug-likeness (QED) is 0.387. The summed E-state index contributed by atoms with van der Waals surface area (Å²) in [6.45, 7) is -0.434. The van der Waals surface area contributed by atoms with Gasteiger partial charge in [-0.1, -0.05) is 11.3 Å². The Kier molecular flexibility index (Phi) is 6.50. The van der Waals surface area contributed by atoms with E-state index in [0.717, 1.165) is 17.4 Å². The van der Waals surface area contributed by atoms with Gasteiger partial charge in [-0.25, -0.2) is 9.78 Å². The molecule has 1 aliphatic rings. The molecule has 4 rings (SSSR count). The van der Waals surface area contributed by atoms with E-state index in [4.69, 9.17) is 10.5 Å². The molecule has 4 N–H and O–H groups in total. The van der Waals surface area contributed by atoms with E-state index >= 15 is 0 Å². The first kappa shape index (κ1) is 25.8. The highest BCUT2D eigenvalue weighted by molar-refractivity contribution is 7.22. The van der Waals surface area contributed by atoms with E-state index in [1.807, 2.05) is 0 Å². The van der Waals surface area contributed by atoms with Crippen molar-refractivity contribution < 1.29 is 37.0 Å². The zero-order valence-corrected chi connectivity index (χ0v) is 20.5. The molecular formula is C22H21F3N6O5S. The summed E-state index contributed by atoms with van der Waals surface area (Å²) in [5.74, 6) is -4.10. The summed E-state index contributed by atoms with van der Waals surface area (Å²) in [5.41, 5.74) is 7.11. The number of hydrogen-bond donors (Lipinski definition) is 3. The van der Waals surface area contributed by atoms with E-state index in [0.29, 0.717) is 21.6 Å². The third kappa shape index (κ3) is 5.16. The molecule has 2 heterocycles. The van der Waals surface area contributed by atoms with Crippen LogP contribution in [0.5, 0.6) is 5.75 Å². The maximum Gasteiger partial charge on any atom is 0.573 e. The Morgan fingerprint density at radius 3 is 2.59 bits per heavy atom. The monoisotopic (exact) mass is 538 g/mol. The number of alkyl halides is 3. The maximum atomic E-state index is 12.6. The van der Waals surface area contributed by atoms with Crippen molar-refractivity contribution >= 4 is 55.8 Å². The molecule has 0 spiro atoms. The van der Waals surface area contributed by atoms with E-state index in [2.05, 4.69) is 20.4 Å². The number of fused-ring (bicyclic) bond motifs is 2. The maximum absolute atomic E-state index is 12.6. The van der Waals surface area contributed by atoms with Gasteiger partial charge in [0.15, 0.2) is 11.7 Å². The number of aromatic nitrogens is 1. The average Bonchev–Trinajstić information content (AvgIpc) is 3.33. The first-order chi connectivity index (χ1) is 17.3. The standard InChI is InChI=1S/C22H21F3N6O5S/c1-30(2)17(32)10-35-18(33)11-4-7-15-14(8-11)28-21(19(26)34,31(15)3)29-20-27-13-6-5-12(9-16(13)37-20)36-22(23,24)25/h4-9,28H,10H2,1-3H3,(H2,26,34)(H,27,29). The first-order valence-corrected chi connectivity index (χ1v) is 11.4. The number of esters is 1. The van der Waals surface area contributed by atoms with Gasteiger partial charge in [-0.05, 0) is 30.3 Å². The van der Waals surface area contributed by atoms with E-state index in [-0.39, 0.29) is 10.7 Å². The average molecular weight is 539 g/mol. The van der Waals surface area contributed by atoms with E-state index < -0.39 is 42.3 Å². The fourth-order valence-electron chi connectivity index (χ4n) is 3.57. The van der Waals surface area contributed by atoms with Crippen molar-refractivity contribution in [3.63, 3.8) is 0 Å². The molecule has 3 aromatic rings. The highest BCUT2D eigenvalue weighted by Crippen LogP contribution is 2.41. The van der Waals surface area contributed by atoms with Gasteiger partial charge < -0.3 is 35.6 Å². The van der Waals surface area contributed by atoms with Gasteiger partial charge in [0.1, 0.15) is 5.75 Å². The van der Waals surface area contributed by atoms with Crippen LogP contribution >= 0.6 is 11.3 Å². The molecule has 0 saturated carbocycles. The van der Waals surface area contributed by atoms with Crippen molar-refractivity contribution in [3.8, 4) is 5.75 Å². The number of nitrogens with two attached hydrogens (primary N) is 1. The van der Waals surface area contributed by atoms with Gasteiger partial charge in [-0.3, -0.25) is 9.59 Å². The molecule has 2 amide bonds. The summed E-state index contributed by atoms with van der Waals surface area (Å²) < 4.78 is 47.0. The van der Waals surface area contributed by atoms with Crippen LogP contribution in [0.3, 0.4) is 0 Å². The second-order valence-corrected chi connectivity index (χ2v) is 9.21. The Balaban J connectivity index is 1.58. The number of primary amides is 1. The molecule has 0 saturated heterocycles. The van der Waals surface area contributed by atoms with Crippen LogP contribution in [0.2, 0.25) is 0 Å². The number of anilines is 3. The topological polar surface area (TPSA) is 139 Å². The molecule has 196 valence electrons. The Labute approximate surface area is 211 Å². The smallest absolute Gasteiger partial charge is 0.452 e. The van der Waals surface area contributed by atoms with Crippen molar-refractivity contribution in [1.29, 1.82) is 0 Å². The Hall–Kier alpha value is -4.27. The van der Waals surface area contributed by atoms with Gasteiger partial charge in [-0.2, -0.15) is 0 Å². The normalized spacial score (nSPS) is 16.6. The Morgan fingerprint density at radius 2 is 1.95 bits per heavy atom. The number of carbonyl (C=O) groups is 3. The number of nitrogens with one attached hydrogen (secondary N) is 2. The van der Waals surface area contributed by atoms with Crippen LogP contribution in [-0.2, 0) is 14.3 Å². The Morgan fingerprint density at radius 1 is 1.22 bits per heavy atom. The summed E-state index contributed by atoms with van der Waals surface area (Å²) in [7, 11) is 4.64. The summed E-state index contributed by atoms with van der Waals surface area (Å²) in [6, 6.07) is 8.15. The molecule has 15 heteroatoms. The molecule has 37 heavy (non-hydrogen) atoms. The van der Waals surface area contributed by atoms with Gasteiger partial charge in [0, 0.05) is 27.2 Å². The van der Waals surface area contributed by atoms with E-state index in [1.54, 1.807) is 13.1 Å². The molecule has 2 aromatic carbocycles. The predicted molar refractivity (Wildman–Crippen MR) is 129 cm³/mol. The van der Waals surface area contributed by atoms with Gasteiger partial charge in [0.05, 0.1) is 27.2 Å². The molecule has 1 aliphatic heterocycles. The molecule has 0 radical (unpaired) electrons. The highest BCUT2D eigenvalue weighted by Gasteiger charge is 2.48. The van der Waals surface area contributed by atoms with Crippen molar-refractivity contribution in [1.82, 2.24) is 9.88 Å². The van der Waals surface area contributed by atoms with Crippen LogP contribution in [-0.4, -0.2) is 67.6 Å². The van der Waals surface area contributed by atoms with Gasteiger partial charge in [0.2, 0.25) is 0 Å². The highest BCUT2D eigenvalue weighted by atomic mass is 32.1. The van der Waals surface area contributed by atoms with Crippen molar-refractivity contribution in [3.05, 3.63) is 42.0 Å². The lowest BCUT2D eigenvalue weighted by Gasteiger charge is -2.34. The summed E-state index contributed by atoms with van der Waals surface area (Å²) >= 11 is 0.987. The SMILES string of the molecule is CN(C)C(=O)COC(=O)c1ccc2c(c1)NC(Nc1nc3ccc(OC(F)(F)F)cc3s1)(C(N)=O)N2C. The lowest BCUT2D eigenvalue weighted by molar-refractivity contribution is -0.274. The van der Waals surface area contributed by atoms with Gasteiger partial charge in [0.25, 0.3) is 17.6 Å². The molecule has 0 fully saturated rings. The Bertz CT molecular complexity index is 1390. The molecule has 1 atom stereocenters. The van der Waals surface area contributed by atoms with Crippen LogP contribution in [0.15, 0.2) is 36.4 Å². The van der Waals surface area contributed by atoms with Crippen LogP contribution < -0.4 is 26.0 Å². The van der Waals surface area contributed by atoms with Crippen LogP contribution in [0.25, 0.3) is 10.2 Å². The second-order valence-electron chi connectivity index (χ2n) is 8.18. The van der Waals surface area contributed by atoms with E-state index in [1.165, 1.54) is 48.2 Å². The summed E-state index contributed by atoms with van der Waals surface area (Å²) in [6.07, 6.45) is -4.84. The lowest BCUT2D eigenvalue weighted by Crippen LogP contribution is -2.64. The molecular weight excluding hydrogens is 517 g/mol. The minimum Gasteiger partial charge on any atom is -0.452 e.